The molecule has 9 heteroatoms. The molecule has 1 heterocycles. The average molecular weight is 427 g/mol. The van der Waals surface area contributed by atoms with Crippen LogP contribution in [0.5, 0.6) is 5.75 Å². The van der Waals surface area contributed by atoms with E-state index in [-0.39, 0.29) is 27.6 Å². The Morgan fingerprint density at radius 2 is 1.77 bits per heavy atom. The number of halogens is 1. The Morgan fingerprint density at radius 1 is 1.17 bits per heavy atom. The van der Waals surface area contributed by atoms with Gasteiger partial charge < -0.3 is 25.0 Å². The largest absolute Gasteiger partial charge is 0.496 e. The smallest absolute Gasteiger partial charge is 0.342 e. The van der Waals surface area contributed by atoms with Crippen LogP contribution >= 0.6 is 11.6 Å². The van der Waals surface area contributed by atoms with Gasteiger partial charge in [0.1, 0.15) is 28.8 Å². The van der Waals surface area contributed by atoms with Crippen LogP contribution in [-0.2, 0) is 9.53 Å². The quantitative estimate of drug-likeness (QED) is 0.336. The van der Waals surface area contributed by atoms with Gasteiger partial charge in [0.15, 0.2) is 6.61 Å². The van der Waals surface area contributed by atoms with Crippen LogP contribution < -0.4 is 20.3 Å². The molecular formula is C21H19ClN4O4. The number of ketones is 1. The lowest BCUT2D eigenvalue weighted by Crippen LogP contribution is -2.28. The fourth-order valence-electron chi connectivity index (χ4n) is 3.24. The van der Waals surface area contributed by atoms with Gasteiger partial charge in [-0.2, -0.15) is 5.26 Å². The molecular weight excluding hydrogens is 408 g/mol. The van der Waals surface area contributed by atoms with Gasteiger partial charge in [-0.1, -0.05) is 23.7 Å². The minimum Gasteiger partial charge on any atom is -0.496 e. The van der Waals surface area contributed by atoms with Crippen LogP contribution in [0, 0.1) is 11.3 Å². The van der Waals surface area contributed by atoms with Crippen LogP contribution in [0.1, 0.15) is 10.4 Å². The van der Waals surface area contributed by atoms with Crippen molar-refractivity contribution in [1.29, 1.82) is 5.26 Å². The standard InChI is InChI=1S/C21H19ClN4O4/c1-25-16-6-4-5-7-17(16)26(2)20(25)13(10-23)18(27)11-30-21(28)12-8-14(22)15(24)9-19(12)29-3/h4-9H,11,24H2,1-3H3. The Hall–Kier alpha value is -3.70. The molecule has 0 atom stereocenters. The molecule has 2 aromatic rings. The first-order chi connectivity index (χ1) is 14.3. The van der Waals surface area contributed by atoms with Crippen LogP contribution in [-0.4, -0.2) is 39.6 Å². The molecule has 2 aromatic carbocycles. The summed E-state index contributed by atoms with van der Waals surface area (Å²) in [4.78, 5) is 28.7. The molecule has 0 amide bonds. The Bertz CT molecular complexity index is 1080. The normalized spacial score (nSPS) is 12.3. The highest BCUT2D eigenvalue weighted by Gasteiger charge is 2.31. The number of carbonyl (C=O) groups excluding carboxylic acids is 2. The number of carbonyl (C=O) groups is 2. The van der Waals surface area contributed by atoms with Crippen LogP contribution in [0.15, 0.2) is 47.8 Å². The number of esters is 1. The molecule has 0 aromatic heterocycles. The molecule has 154 valence electrons. The molecule has 1 aliphatic heterocycles. The van der Waals surface area contributed by atoms with E-state index in [2.05, 4.69) is 0 Å². The van der Waals surface area contributed by atoms with E-state index < -0.39 is 18.4 Å². The number of methoxy groups -OCH3 is 1. The van der Waals surface area contributed by atoms with Crippen molar-refractivity contribution in [3.63, 3.8) is 0 Å². The third kappa shape index (κ3) is 3.63. The number of para-hydroxylation sites is 2. The second-order valence-corrected chi connectivity index (χ2v) is 6.90. The Morgan fingerprint density at radius 3 is 2.30 bits per heavy atom. The molecule has 0 spiro atoms. The summed E-state index contributed by atoms with van der Waals surface area (Å²) in [6.07, 6.45) is 0. The fourth-order valence-corrected chi connectivity index (χ4v) is 3.40. The van der Waals surface area contributed by atoms with Crippen molar-refractivity contribution >= 4 is 40.4 Å². The number of rotatable bonds is 5. The van der Waals surface area contributed by atoms with Crippen LogP contribution in [0.4, 0.5) is 17.1 Å². The molecule has 1 aliphatic rings. The number of nitrogen functional groups attached to an aromatic ring is 1. The van der Waals surface area contributed by atoms with E-state index in [1.165, 1.54) is 19.2 Å². The summed E-state index contributed by atoms with van der Waals surface area (Å²) in [6, 6.07) is 12.1. The van der Waals surface area contributed by atoms with E-state index >= 15 is 0 Å². The van der Waals surface area contributed by atoms with Crippen molar-refractivity contribution in [1.82, 2.24) is 0 Å². The Labute approximate surface area is 178 Å². The fraction of sp³-hybridized carbons (Fsp3) is 0.190. The SMILES string of the molecule is COc1cc(N)c(Cl)cc1C(=O)OCC(=O)C(C#N)=C1N(C)c2ccccc2N1C. The lowest BCUT2D eigenvalue weighted by atomic mass is 10.1. The average Bonchev–Trinajstić information content (AvgIpc) is 2.99. The van der Waals surface area contributed by atoms with E-state index in [4.69, 9.17) is 26.8 Å². The second-order valence-electron chi connectivity index (χ2n) is 6.49. The number of nitriles is 1. The van der Waals surface area contributed by atoms with E-state index in [9.17, 15) is 14.9 Å². The summed E-state index contributed by atoms with van der Waals surface area (Å²) < 4.78 is 10.3. The van der Waals surface area contributed by atoms with Gasteiger partial charge in [-0.3, -0.25) is 4.79 Å². The lowest BCUT2D eigenvalue weighted by Gasteiger charge is -2.20. The topological polar surface area (TPSA) is 109 Å². The third-order valence-corrected chi connectivity index (χ3v) is 5.05. The van der Waals surface area contributed by atoms with Gasteiger partial charge in [-0.05, 0) is 18.2 Å². The maximum atomic E-state index is 12.7. The predicted molar refractivity (Wildman–Crippen MR) is 114 cm³/mol. The van der Waals surface area contributed by atoms with E-state index in [0.717, 1.165) is 11.4 Å². The zero-order valence-corrected chi connectivity index (χ0v) is 17.4. The summed E-state index contributed by atoms with van der Waals surface area (Å²) in [7, 11) is 4.89. The van der Waals surface area contributed by atoms with Crippen LogP contribution in [0.25, 0.3) is 0 Å². The number of hydrogen-bond acceptors (Lipinski definition) is 8. The molecule has 0 unspecified atom stereocenters. The summed E-state index contributed by atoms with van der Waals surface area (Å²) in [5.74, 6) is -0.875. The number of anilines is 3. The van der Waals surface area contributed by atoms with Gasteiger partial charge in [0, 0.05) is 20.2 Å². The number of nitrogens with zero attached hydrogens (tertiary/aromatic N) is 3. The second kappa shape index (κ2) is 8.35. The Balaban J connectivity index is 1.83. The maximum absolute atomic E-state index is 12.7. The van der Waals surface area contributed by atoms with E-state index in [1.807, 2.05) is 30.3 Å². The van der Waals surface area contributed by atoms with Gasteiger partial charge in [-0.15, -0.1) is 0 Å². The highest BCUT2D eigenvalue weighted by molar-refractivity contribution is 6.33. The molecule has 30 heavy (non-hydrogen) atoms. The van der Waals surface area contributed by atoms with Gasteiger partial charge in [-0.25, -0.2) is 4.79 Å². The first-order valence-electron chi connectivity index (χ1n) is 8.84. The maximum Gasteiger partial charge on any atom is 0.342 e. The highest BCUT2D eigenvalue weighted by Crippen LogP contribution is 2.40. The highest BCUT2D eigenvalue weighted by atomic mass is 35.5. The van der Waals surface area contributed by atoms with E-state index in [0.29, 0.717) is 5.82 Å². The first kappa shape index (κ1) is 21.0. The first-order valence-corrected chi connectivity index (χ1v) is 9.22. The van der Waals surface area contributed by atoms with Gasteiger partial charge in [0.2, 0.25) is 5.78 Å². The lowest BCUT2D eigenvalue weighted by molar-refractivity contribution is -0.118. The van der Waals surface area contributed by atoms with Gasteiger partial charge in [0.25, 0.3) is 0 Å². The summed E-state index contributed by atoms with van der Waals surface area (Å²) >= 11 is 5.97. The molecule has 2 N–H and O–H groups in total. The van der Waals surface area contributed by atoms with Crippen molar-refractivity contribution in [3.8, 4) is 11.8 Å². The van der Waals surface area contributed by atoms with Crippen molar-refractivity contribution in [3.05, 3.63) is 58.4 Å². The molecule has 3 rings (SSSR count). The minimum absolute atomic E-state index is 0.0261. The predicted octanol–water partition coefficient (Wildman–Crippen LogP) is 2.98. The monoisotopic (exact) mass is 426 g/mol. The molecule has 0 saturated carbocycles. The number of benzene rings is 2. The van der Waals surface area contributed by atoms with Crippen LogP contribution in [0.2, 0.25) is 5.02 Å². The van der Waals surface area contributed by atoms with Crippen molar-refractivity contribution < 1.29 is 19.1 Å². The molecule has 8 nitrogen and oxygen atoms in total. The zero-order chi connectivity index (χ0) is 22.0. The summed E-state index contributed by atoms with van der Waals surface area (Å²) in [5, 5.41) is 9.78. The molecule has 0 saturated heterocycles. The van der Waals surface area contributed by atoms with Crippen molar-refractivity contribution in [2.24, 2.45) is 0 Å². The molecule has 0 fully saturated rings. The number of fused-ring (bicyclic) bond motifs is 1. The zero-order valence-electron chi connectivity index (χ0n) is 16.6. The minimum atomic E-state index is -0.819. The van der Waals surface area contributed by atoms with Gasteiger partial charge in [0.05, 0.1) is 29.2 Å². The molecule has 0 aliphatic carbocycles. The molecule has 0 bridgehead atoms. The number of hydrogen-bond donors (Lipinski definition) is 1. The number of Topliss-reactive ketones (excluding diaryl/α,β-unsaturated/α-hetero) is 1. The third-order valence-electron chi connectivity index (χ3n) is 4.73. The number of ether oxygens (including phenoxy) is 2. The molecule has 0 radical (unpaired) electrons. The van der Waals surface area contributed by atoms with Crippen molar-refractivity contribution in [2.75, 3.05) is 43.3 Å². The summed E-state index contributed by atoms with van der Waals surface area (Å²) in [6.45, 7) is -0.617. The van der Waals surface area contributed by atoms with Crippen molar-refractivity contribution in [2.45, 2.75) is 0 Å². The van der Waals surface area contributed by atoms with Gasteiger partial charge >= 0.3 is 5.97 Å². The van der Waals surface area contributed by atoms with Crippen LogP contribution in [0.3, 0.4) is 0 Å². The van der Waals surface area contributed by atoms with E-state index in [1.54, 1.807) is 23.9 Å². The Kier molecular flexibility index (Phi) is 5.85. The number of nitrogens with two attached hydrogens (primary N) is 1. The summed E-state index contributed by atoms with van der Waals surface area (Å²) in [5.41, 5.74) is 7.57.